The fraction of sp³-hybridized carbons (Fsp3) is 0.592. The summed E-state index contributed by atoms with van der Waals surface area (Å²) in [7, 11) is 0. The van der Waals surface area contributed by atoms with Crippen LogP contribution in [-0.4, -0.2) is 58.3 Å². The highest BCUT2D eigenvalue weighted by molar-refractivity contribution is 6.29. The fourth-order valence-corrected chi connectivity index (χ4v) is 8.26. The topological polar surface area (TPSA) is 103 Å². The molecule has 10 heteroatoms. The van der Waals surface area contributed by atoms with Crippen molar-refractivity contribution in [3.8, 4) is 11.4 Å². The minimum atomic E-state index is -0.568. The number of aliphatic imine (C=N–C) groups is 1. The monoisotopic (exact) mass is 805 g/mol. The van der Waals surface area contributed by atoms with Crippen LogP contribution in [-0.2, 0) is 24.5 Å². The molecule has 0 saturated heterocycles. The second-order valence-corrected chi connectivity index (χ2v) is 20.6. The second-order valence-electron chi connectivity index (χ2n) is 20.6. The molecule has 0 amide bonds. The van der Waals surface area contributed by atoms with E-state index >= 15 is 0 Å². The van der Waals surface area contributed by atoms with Crippen molar-refractivity contribution in [2.24, 2.45) is 39.0 Å². The van der Waals surface area contributed by atoms with E-state index in [1.54, 1.807) is 4.68 Å². The first kappa shape index (κ1) is 45.3. The molecule has 2 aliphatic rings. The van der Waals surface area contributed by atoms with Crippen molar-refractivity contribution in [3.05, 3.63) is 76.5 Å². The van der Waals surface area contributed by atoms with Gasteiger partial charge in [0.25, 0.3) is 0 Å². The van der Waals surface area contributed by atoms with Gasteiger partial charge in [0.05, 0.1) is 24.2 Å². The van der Waals surface area contributed by atoms with E-state index in [-0.39, 0.29) is 69.7 Å². The number of carbonyl (C=O) groups is 2. The molecule has 2 heterocycles. The van der Waals surface area contributed by atoms with Crippen molar-refractivity contribution in [2.75, 3.05) is 24.6 Å². The minimum absolute atomic E-state index is 0.0289. The van der Waals surface area contributed by atoms with E-state index in [0.29, 0.717) is 36.9 Å². The van der Waals surface area contributed by atoms with Gasteiger partial charge in [-0.2, -0.15) is 0 Å². The summed E-state index contributed by atoms with van der Waals surface area (Å²) in [5.41, 5.74) is 3.83. The van der Waals surface area contributed by atoms with Crippen molar-refractivity contribution in [1.29, 1.82) is 0 Å². The molecule has 0 bridgehead atoms. The number of fused-ring (bicyclic) bond motifs is 1. The van der Waals surface area contributed by atoms with Gasteiger partial charge in [-0.1, -0.05) is 100 Å². The van der Waals surface area contributed by atoms with Gasteiger partial charge in [-0.15, -0.1) is 5.10 Å². The lowest BCUT2D eigenvalue weighted by molar-refractivity contribution is -0.162. The van der Waals surface area contributed by atoms with Crippen LogP contribution in [0.1, 0.15) is 133 Å². The first-order valence-corrected chi connectivity index (χ1v) is 21.4. The van der Waals surface area contributed by atoms with Crippen LogP contribution in [0.5, 0.6) is 0 Å². The maximum absolute atomic E-state index is 14.8. The van der Waals surface area contributed by atoms with Crippen LogP contribution in [0.2, 0.25) is 0 Å². The molecule has 1 fully saturated rings. The predicted octanol–water partition coefficient (Wildman–Crippen LogP) is 11.2. The van der Waals surface area contributed by atoms with Crippen LogP contribution in [0, 0.1) is 47.5 Å². The summed E-state index contributed by atoms with van der Waals surface area (Å²) >= 11 is 0. The summed E-state index contributed by atoms with van der Waals surface area (Å²) in [5.74, 6) is 0.898. The number of ether oxygens (including phenoxy) is 2. The molecule has 2 aromatic carbocycles. The Morgan fingerprint density at radius 1 is 0.932 bits per heavy atom. The average molecular weight is 805 g/mol. The molecule has 1 aliphatic carbocycles. The number of rotatable bonds is 11. The van der Waals surface area contributed by atoms with E-state index in [2.05, 4.69) is 98.0 Å². The van der Waals surface area contributed by atoms with Gasteiger partial charge < -0.3 is 14.4 Å². The zero-order chi connectivity index (χ0) is 43.8. The molecule has 1 aromatic heterocycles. The Labute approximate surface area is 353 Å². The summed E-state index contributed by atoms with van der Waals surface area (Å²) in [6, 6.07) is 14.1. The molecule has 0 spiro atoms. The quantitative estimate of drug-likeness (QED) is 0.140. The molecule has 5 rings (SSSR count). The van der Waals surface area contributed by atoms with Gasteiger partial charge in [-0.3, -0.25) is 4.79 Å². The lowest BCUT2D eigenvalue weighted by Gasteiger charge is -2.50. The van der Waals surface area contributed by atoms with Crippen molar-refractivity contribution < 1.29 is 19.1 Å². The van der Waals surface area contributed by atoms with Gasteiger partial charge in [0, 0.05) is 29.6 Å². The molecule has 10 nitrogen and oxygen atoms in total. The summed E-state index contributed by atoms with van der Waals surface area (Å²) < 4.78 is 13.9. The number of aryl methyl sites for hydroxylation is 1. The fourth-order valence-electron chi connectivity index (χ4n) is 8.26. The third-order valence-corrected chi connectivity index (χ3v) is 12.6. The minimum Gasteiger partial charge on any atom is -0.463 e. The molecule has 0 radical (unpaired) electrons. The number of hydrogen-bond acceptors (Lipinski definition) is 8. The third kappa shape index (κ3) is 9.82. The van der Waals surface area contributed by atoms with Crippen molar-refractivity contribution >= 4 is 34.7 Å². The number of carbonyl (C=O) groups excluding carboxylic acids is 2. The molecule has 2 unspecified atom stereocenters. The summed E-state index contributed by atoms with van der Waals surface area (Å²) in [6.45, 7) is 42.0. The second kappa shape index (κ2) is 17.1. The third-order valence-electron chi connectivity index (χ3n) is 12.6. The van der Waals surface area contributed by atoms with Crippen LogP contribution >= 0.6 is 0 Å². The molecule has 1 aliphatic heterocycles. The van der Waals surface area contributed by atoms with Crippen LogP contribution in [0.15, 0.2) is 53.2 Å². The van der Waals surface area contributed by atoms with E-state index < -0.39 is 11.4 Å². The van der Waals surface area contributed by atoms with E-state index in [4.69, 9.17) is 31.1 Å². The van der Waals surface area contributed by atoms with Crippen LogP contribution in [0.25, 0.3) is 21.8 Å². The van der Waals surface area contributed by atoms with Gasteiger partial charge in [-0.05, 0) is 98.4 Å². The molecular formula is C49H68N6O4. The lowest BCUT2D eigenvalue weighted by atomic mass is 9.59. The number of esters is 2. The highest BCUT2D eigenvalue weighted by Crippen LogP contribution is 2.50. The standard InChI is InChI=1S/C49H68N6O4/c1-17-49(14,15)45(57)58-26-25-54(18-2)34-23-24-37(31(4)29-34)51-43-39(50-16)38(42-52-41(53-55(42)43)32-19-21-33(22-20-32)46(5,6)7)44(56)59-40-35(47(8,9)10)27-30(3)28-36(40)48(11,12)13/h19-24,29-30,35-36,40H,17-18,25-28H2,1-15H3. The molecule has 2 atom stereocenters. The summed E-state index contributed by atoms with van der Waals surface area (Å²) in [6.07, 6.45) is 2.26. The Morgan fingerprint density at radius 2 is 1.54 bits per heavy atom. The van der Waals surface area contributed by atoms with Crippen molar-refractivity contribution in [3.63, 3.8) is 0 Å². The normalized spacial score (nSPS) is 20.7. The maximum atomic E-state index is 14.8. The number of likely N-dealkylation sites (N-methyl/N-ethyl adjacent to an activating group) is 1. The average Bonchev–Trinajstić information content (AvgIpc) is 3.70. The highest BCUT2D eigenvalue weighted by Gasteiger charge is 2.49. The van der Waals surface area contributed by atoms with Gasteiger partial charge in [0.2, 0.25) is 5.70 Å². The van der Waals surface area contributed by atoms with Crippen LogP contribution in [0.3, 0.4) is 0 Å². The number of nitrogens with zero attached hydrogens (tertiary/aromatic N) is 6. The van der Waals surface area contributed by atoms with Gasteiger partial charge in [0.15, 0.2) is 17.5 Å². The van der Waals surface area contributed by atoms with Gasteiger partial charge in [0.1, 0.15) is 18.3 Å². The lowest BCUT2D eigenvalue weighted by Crippen LogP contribution is -2.49. The molecule has 3 aromatic rings. The summed E-state index contributed by atoms with van der Waals surface area (Å²) in [4.78, 5) is 43.5. The highest BCUT2D eigenvalue weighted by atomic mass is 16.5. The first-order valence-electron chi connectivity index (χ1n) is 21.4. The van der Waals surface area contributed by atoms with E-state index in [1.165, 1.54) is 5.56 Å². The van der Waals surface area contributed by atoms with E-state index in [1.807, 2.05) is 58.0 Å². The molecule has 59 heavy (non-hydrogen) atoms. The Kier molecular flexibility index (Phi) is 13.1. The van der Waals surface area contributed by atoms with Crippen LogP contribution < -0.4 is 4.90 Å². The van der Waals surface area contributed by atoms with Gasteiger partial charge in [-0.25, -0.2) is 24.3 Å². The smallest absolute Gasteiger partial charge is 0.331 e. The van der Waals surface area contributed by atoms with Crippen LogP contribution in [0.4, 0.5) is 11.4 Å². The van der Waals surface area contributed by atoms with Gasteiger partial charge >= 0.3 is 11.9 Å². The van der Waals surface area contributed by atoms with E-state index in [9.17, 15) is 9.59 Å². The largest absolute Gasteiger partial charge is 0.463 e. The Balaban J connectivity index is 1.57. The number of benzene rings is 2. The molecular weight excluding hydrogens is 737 g/mol. The number of aromatic nitrogens is 3. The summed E-state index contributed by atoms with van der Waals surface area (Å²) in [5, 5.41) is 4.92. The van der Waals surface area contributed by atoms with E-state index in [0.717, 1.165) is 29.7 Å². The van der Waals surface area contributed by atoms with Crippen molar-refractivity contribution in [1.82, 2.24) is 14.8 Å². The maximum Gasteiger partial charge on any atom is 0.331 e. The molecule has 318 valence electrons. The number of hydrogen-bond donors (Lipinski definition) is 0. The predicted molar refractivity (Wildman–Crippen MR) is 238 cm³/mol. The Hall–Kier alpha value is -4.78. The number of allylic oxidation sites excluding steroid dienone is 1. The number of anilines is 1. The molecule has 0 N–H and O–H groups in total. The zero-order valence-electron chi connectivity index (χ0n) is 38.4. The zero-order valence-corrected chi connectivity index (χ0v) is 38.4. The molecule has 1 saturated carbocycles. The Bertz CT molecular complexity index is 2110. The first-order chi connectivity index (χ1) is 27.4. The SMILES string of the molecule is [C-]#[N+]C1=C(C(=O)OC2C(C(C)(C)C)CC(C)CC2C(C)(C)C)c2nc(-c3ccc(C(C)(C)C)cc3)nn2C1=Nc1ccc(N(CC)CCOC(=O)C(C)(C)CC)cc1C. The van der Waals surface area contributed by atoms with Crippen molar-refractivity contribution in [2.45, 2.75) is 135 Å². The Morgan fingerprint density at radius 3 is 2.05 bits per heavy atom.